The molecule has 1 aromatic heterocycles. The second-order valence-corrected chi connectivity index (χ2v) is 6.21. The molecule has 0 atom stereocenters. The molecule has 0 saturated heterocycles. The number of nitrogens with zero attached hydrogens (tertiary/aromatic N) is 2. The minimum atomic E-state index is 0.676. The van der Waals surface area contributed by atoms with Crippen molar-refractivity contribution >= 4 is 17.0 Å². The highest BCUT2D eigenvalue weighted by Crippen LogP contribution is 2.21. The van der Waals surface area contributed by atoms with E-state index in [1.807, 2.05) is 5.51 Å². The van der Waals surface area contributed by atoms with Gasteiger partial charge in [0.25, 0.3) is 0 Å². The lowest BCUT2D eigenvalue weighted by atomic mass is 10.1. The number of nitrogens with one attached hydrogen (secondary N) is 1. The van der Waals surface area contributed by atoms with Gasteiger partial charge in [0.15, 0.2) is 0 Å². The molecule has 1 aromatic carbocycles. The van der Waals surface area contributed by atoms with Crippen LogP contribution in [0.3, 0.4) is 0 Å². The highest BCUT2D eigenvalue weighted by Gasteiger charge is 2.08. The minimum Gasteiger partial charge on any atom is -0.368 e. The fourth-order valence-electron chi connectivity index (χ4n) is 2.17. The molecule has 0 fully saturated rings. The molecule has 1 N–H and O–H groups in total. The van der Waals surface area contributed by atoms with Crippen LogP contribution in [-0.2, 0) is 13.1 Å². The fraction of sp³-hybridized carbons (Fsp3) is 0.438. The van der Waals surface area contributed by atoms with Crippen LogP contribution in [0.4, 0.5) is 5.69 Å². The van der Waals surface area contributed by atoms with Gasteiger partial charge in [-0.15, -0.1) is 11.3 Å². The van der Waals surface area contributed by atoms with Gasteiger partial charge in [-0.25, -0.2) is 4.98 Å². The van der Waals surface area contributed by atoms with E-state index in [4.69, 9.17) is 0 Å². The highest BCUT2D eigenvalue weighted by atomic mass is 32.1. The smallest absolute Gasteiger partial charge is 0.0795 e. The molecule has 0 aliphatic heterocycles. The summed E-state index contributed by atoms with van der Waals surface area (Å²) in [5, 5.41) is 5.62. The van der Waals surface area contributed by atoms with Crippen LogP contribution >= 0.6 is 11.3 Å². The summed E-state index contributed by atoms with van der Waals surface area (Å²) in [4.78, 5) is 6.62. The normalized spacial score (nSPS) is 11.0. The molecule has 0 amide bonds. The molecule has 0 bridgehead atoms. The molecule has 2 aromatic rings. The van der Waals surface area contributed by atoms with E-state index in [-0.39, 0.29) is 0 Å². The summed E-state index contributed by atoms with van der Waals surface area (Å²) in [6, 6.07) is 8.57. The Morgan fingerprint density at radius 2 is 2.10 bits per heavy atom. The van der Waals surface area contributed by atoms with Gasteiger partial charge in [0, 0.05) is 24.7 Å². The monoisotopic (exact) mass is 289 g/mol. The molecule has 0 aliphatic rings. The first-order valence-corrected chi connectivity index (χ1v) is 7.98. The van der Waals surface area contributed by atoms with Crippen molar-refractivity contribution in [1.82, 2.24) is 10.3 Å². The highest BCUT2D eigenvalue weighted by molar-refractivity contribution is 7.07. The van der Waals surface area contributed by atoms with Crippen LogP contribution in [0, 0.1) is 5.92 Å². The zero-order valence-corrected chi connectivity index (χ0v) is 13.3. The Morgan fingerprint density at radius 3 is 2.80 bits per heavy atom. The van der Waals surface area contributed by atoms with Crippen molar-refractivity contribution in [2.24, 2.45) is 5.92 Å². The summed E-state index contributed by atoms with van der Waals surface area (Å²) in [5.74, 6) is 0.676. The summed E-state index contributed by atoms with van der Waals surface area (Å²) in [6.45, 7) is 7.27. The number of anilines is 1. The molecular formula is C16H23N3S. The molecule has 2 rings (SSSR count). The van der Waals surface area contributed by atoms with Gasteiger partial charge in [0.2, 0.25) is 0 Å². The van der Waals surface area contributed by atoms with Crippen LogP contribution in [0.1, 0.15) is 25.1 Å². The van der Waals surface area contributed by atoms with E-state index < -0.39 is 0 Å². The lowest BCUT2D eigenvalue weighted by Gasteiger charge is -2.22. The zero-order chi connectivity index (χ0) is 14.4. The van der Waals surface area contributed by atoms with E-state index in [9.17, 15) is 0 Å². The van der Waals surface area contributed by atoms with Crippen LogP contribution in [-0.4, -0.2) is 18.6 Å². The Balaban J connectivity index is 2.02. The third-order valence-electron chi connectivity index (χ3n) is 3.15. The molecule has 0 saturated carbocycles. The molecule has 0 aliphatic carbocycles. The first-order chi connectivity index (χ1) is 9.66. The molecule has 1 heterocycles. The number of aromatic nitrogens is 1. The number of rotatable bonds is 7. The SMILES string of the molecule is CC(C)CNCc1ccccc1N(C)Cc1cscn1. The van der Waals surface area contributed by atoms with Crippen molar-refractivity contribution in [3.63, 3.8) is 0 Å². The van der Waals surface area contributed by atoms with Gasteiger partial charge in [-0.2, -0.15) is 0 Å². The van der Waals surface area contributed by atoms with Crippen LogP contribution in [0.5, 0.6) is 0 Å². The molecule has 0 spiro atoms. The largest absolute Gasteiger partial charge is 0.368 e. The maximum atomic E-state index is 4.36. The standard InChI is InChI=1S/C16H23N3S/c1-13(2)8-17-9-14-6-4-5-7-16(14)19(3)10-15-11-20-12-18-15/h4-7,11-13,17H,8-10H2,1-3H3. The maximum absolute atomic E-state index is 4.36. The van der Waals surface area contributed by atoms with Crippen LogP contribution in [0.15, 0.2) is 35.2 Å². The Bertz CT molecular complexity index is 508. The summed E-state index contributed by atoms with van der Waals surface area (Å²) in [6.07, 6.45) is 0. The average molecular weight is 289 g/mol. The van der Waals surface area contributed by atoms with Crippen molar-refractivity contribution in [3.8, 4) is 0 Å². The van der Waals surface area contributed by atoms with Gasteiger partial charge >= 0.3 is 0 Å². The topological polar surface area (TPSA) is 28.2 Å². The van der Waals surface area contributed by atoms with Crippen molar-refractivity contribution in [2.75, 3.05) is 18.5 Å². The van der Waals surface area contributed by atoms with Gasteiger partial charge in [0.1, 0.15) is 0 Å². The Hall–Kier alpha value is -1.39. The first kappa shape index (κ1) is 15.0. The third-order valence-corrected chi connectivity index (χ3v) is 3.79. The van der Waals surface area contributed by atoms with Crippen molar-refractivity contribution in [2.45, 2.75) is 26.9 Å². The quantitative estimate of drug-likeness (QED) is 0.845. The van der Waals surface area contributed by atoms with Crippen LogP contribution in [0.25, 0.3) is 0 Å². The summed E-state index contributed by atoms with van der Waals surface area (Å²) >= 11 is 1.65. The summed E-state index contributed by atoms with van der Waals surface area (Å²) in [5.41, 5.74) is 5.63. The Morgan fingerprint density at radius 1 is 1.30 bits per heavy atom. The van der Waals surface area contributed by atoms with E-state index in [1.54, 1.807) is 11.3 Å². The molecule has 20 heavy (non-hydrogen) atoms. The minimum absolute atomic E-state index is 0.676. The van der Waals surface area contributed by atoms with E-state index in [0.717, 1.165) is 25.3 Å². The average Bonchev–Trinajstić information content (AvgIpc) is 2.91. The van der Waals surface area contributed by atoms with E-state index in [2.05, 4.69) is 65.7 Å². The number of para-hydroxylation sites is 1. The molecule has 108 valence electrons. The number of hydrogen-bond acceptors (Lipinski definition) is 4. The van der Waals surface area contributed by atoms with Crippen molar-refractivity contribution in [1.29, 1.82) is 0 Å². The van der Waals surface area contributed by atoms with Crippen LogP contribution < -0.4 is 10.2 Å². The van der Waals surface area contributed by atoms with Gasteiger partial charge in [0.05, 0.1) is 17.7 Å². The second-order valence-electron chi connectivity index (χ2n) is 5.49. The van der Waals surface area contributed by atoms with Gasteiger partial charge in [-0.3, -0.25) is 0 Å². The predicted molar refractivity (Wildman–Crippen MR) is 87.2 cm³/mol. The van der Waals surface area contributed by atoms with Crippen molar-refractivity contribution < 1.29 is 0 Å². The Labute approximate surface area is 125 Å². The number of benzene rings is 1. The molecular weight excluding hydrogens is 266 g/mol. The van der Waals surface area contributed by atoms with E-state index in [0.29, 0.717) is 5.92 Å². The zero-order valence-electron chi connectivity index (χ0n) is 12.5. The van der Waals surface area contributed by atoms with Gasteiger partial charge in [-0.1, -0.05) is 32.0 Å². The second kappa shape index (κ2) is 7.41. The molecule has 4 heteroatoms. The lowest BCUT2D eigenvalue weighted by Crippen LogP contribution is -2.22. The first-order valence-electron chi connectivity index (χ1n) is 7.03. The number of thiazole rings is 1. The van der Waals surface area contributed by atoms with Gasteiger partial charge in [-0.05, 0) is 24.1 Å². The molecule has 0 radical (unpaired) electrons. The maximum Gasteiger partial charge on any atom is 0.0795 e. The lowest BCUT2D eigenvalue weighted by molar-refractivity contribution is 0.552. The Kier molecular flexibility index (Phi) is 5.56. The van der Waals surface area contributed by atoms with Crippen LogP contribution in [0.2, 0.25) is 0 Å². The summed E-state index contributed by atoms with van der Waals surface area (Å²) in [7, 11) is 2.13. The third kappa shape index (κ3) is 4.32. The van der Waals surface area contributed by atoms with Crippen molar-refractivity contribution in [3.05, 3.63) is 46.4 Å². The van der Waals surface area contributed by atoms with E-state index in [1.165, 1.54) is 11.3 Å². The van der Waals surface area contributed by atoms with E-state index >= 15 is 0 Å². The molecule has 3 nitrogen and oxygen atoms in total. The van der Waals surface area contributed by atoms with Gasteiger partial charge < -0.3 is 10.2 Å². The summed E-state index contributed by atoms with van der Waals surface area (Å²) < 4.78 is 0. The number of hydrogen-bond donors (Lipinski definition) is 1. The predicted octanol–water partition coefficient (Wildman–Crippen LogP) is 3.53. The fourth-order valence-corrected chi connectivity index (χ4v) is 2.72. The molecule has 0 unspecified atom stereocenters.